The lowest BCUT2D eigenvalue weighted by Crippen LogP contribution is -2.59. The Morgan fingerprint density at radius 2 is 1.76 bits per heavy atom. The van der Waals surface area contributed by atoms with Gasteiger partial charge in [-0.25, -0.2) is 18.2 Å². The van der Waals surface area contributed by atoms with Crippen LogP contribution in [0.25, 0.3) is 22.2 Å². The van der Waals surface area contributed by atoms with Crippen LogP contribution in [-0.2, 0) is 11.3 Å². The fourth-order valence-electron chi connectivity index (χ4n) is 2.95. The summed E-state index contributed by atoms with van der Waals surface area (Å²) in [5.41, 5.74) is 3.17. The van der Waals surface area contributed by atoms with Crippen LogP contribution < -0.4 is 0 Å². The minimum absolute atomic E-state index is 0.0253. The van der Waals surface area contributed by atoms with Crippen molar-refractivity contribution in [1.29, 1.82) is 0 Å². The third-order valence-electron chi connectivity index (χ3n) is 4.30. The fraction of sp³-hybridized carbons (Fsp3) is 0.222. The van der Waals surface area contributed by atoms with Gasteiger partial charge in [-0.1, -0.05) is 18.2 Å². The first-order valence-electron chi connectivity index (χ1n) is 7.78. The number of carbonyl (C=O) groups excluding carboxylic acids is 1. The maximum atomic E-state index is 13.0. The highest BCUT2D eigenvalue weighted by molar-refractivity contribution is 5.84. The zero-order valence-corrected chi connectivity index (χ0v) is 13.1. The topological polar surface area (TPSA) is 38.1 Å². The molecule has 0 radical (unpaired) electrons. The second kappa shape index (κ2) is 5.61. The SMILES string of the molecule is O=C(Cn1cnc2cc(-c3ccc(F)cc3)ccc21)N1CC(F)(F)C1. The van der Waals surface area contributed by atoms with Crippen molar-refractivity contribution in [2.45, 2.75) is 12.5 Å². The summed E-state index contributed by atoms with van der Waals surface area (Å²) in [6.45, 7) is -1.07. The molecule has 2 heterocycles. The number of nitrogens with zero attached hydrogens (tertiary/aromatic N) is 3. The number of benzene rings is 2. The normalized spacial score (nSPS) is 16.0. The van der Waals surface area contributed by atoms with Crippen molar-refractivity contribution in [3.8, 4) is 11.1 Å². The molecule has 128 valence electrons. The van der Waals surface area contributed by atoms with Gasteiger partial charge in [0, 0.05) is 0 Å². The highest BCUT2D eigenvalue weighted by Crippen LogP contribution is 2.27. The maximum Gasteiger partial charge on any atom is 0.282 e. The molecule has 0 saturated carbocycles. The number of rotatable bonds is 3. The molecule has 2 aromatic carbocycles. The largest absolute Gasteiger partial charge is 0.329 e. The summed E-state index contributed by atoms with van der Waals surface area (Å²) in [5, 5.41) is 0. The molecule has 1 aliphatic heterocycles. The van der Waals surface area contributed by atoms with E-state index >= 15 is 0 Å². The van der Waals surface area contributed by atoms with E-state index in [4.69, 9.17) is 0 Å². The molecule has 1 saturated heterocycles. The van der Waals surface area contributed by atoms with Gasteiger partial charge in [0.25, 0.3) is 5.92 Å². The van der Waals surface area contributed by atoms with Crippen LogP contribution in [-0.4, -0.2) is 39.4 Å². The van der Waals surface area contributed by atoms with Gasteiger partial charge in [0.1, 0.15) is 12.4 Å². The average molecular weight is 345 g/mol. The maximum absolute atomic E-state index is 13.0. The summed E-state index contributed by atoms with van der Waals surface area (Å²) in [6, 6.07) is 11.7. The number of carbonyl (C=O) groups is 1. The number of fused-ring (bicyclic) bond motifs is 1. The van der Waals surface area contributed by atoms with Crippen LogP contribution in [0.2, 0.25) is 0 Å². The van der Waals surface area contributed by atoms with Crippen LogP contribution in [0.4, 0.5) is 13.2 Å². The highest BCUT2D eigenvalue weighted by atomic mass is 19.3. The lowest BCUT2D eigenvalue weighted by Gasteiger charge is -2.38. The van der Waals surface area contributed by atoms with Crippen molar-refractivity contribution >= 4 is 16.9 Å². The van der Waals surface area contributed by atoms with E-state index in [0.29, 0.717) is 5.52 Å². The fourth-order valence-corrected chi connectivity index (χ4v) is 2.95. The number of likely N-dealkylation sites (tertiary alicyclic amines) is 1. The van der Waals surface area contributed by atoms with Gasteiger partial charge in [-0.3, -0.25) is 4.79 Å². The van der Waals surface area contributed by atoms with E-state index < -0.39 is 19.0 Å². The Morgan fingerprint density at radius 1 is 1.08 bits per heavy atom. The third-order valence-corrected chi connectivity index (χ3v) is 4.30. The summed E-state index contributed by atoms with van der Waals surface area (Å²) in [7, 11) is 0. The molecular weight excluding hydrogens is 331 g/mol. The van der Waals surface area contributed by atoms with E-state index in [0.717, 1.165) is 21.5 Å². The van der Waals surface area contributed by atoms with Gasteiger partial charge in [-0.2, -0.15) is 0 Å². The summed E-state index contributed by atoms with van der Waals surface area (Å²) in [6.07, 6.45) is 1.52. The summed E-state index contributed by atoms with van der Waals surface area (Å²) < 4.78 is 40.4. The minimum atomic E-state index is -2.77. The van der Waals surface area contributed by atoms with Crippen molar-refractivity contribution in [3.63, 3.8) is 0 Å². The number of hydrogen-bond acceptors (Lipinski definition) is 2. The Morgan fingerprint density at radius 3 is 2.44 bits per heavy atom. The average Bonchev–Trinajstić information content (AvgIpc) is 2.95. The number of hydrogen-bond donors (Lipinski definition) is 0. The van der Waals surface area contributed by atoms with Crippen molar-refractivity contribution in [2.24, 2.45) is 0 Å². The van der Waals surface area contributed by atoms with Gasteiger partial charge in [0.2, 0.25) is 5.91 Å². The van der Waals surface area contributed by atoms with Gasteiger partial charge in [0.15, 0.2) is 0 Å². The summed E-state index contributed by atoms with van der Waals surface area (Å²) in [4.78, 5) is 17.5. The minimum Gasteiger partial charge on any atom is -0.329 e. The molecule has 1 fully saturated rings. The van der Waals surface area contributed by atoms with Crippen molar-refractivity contribution in [3.05, 3.63) is 54.6 Å². The standard InChI is InChI=1S/C18H14F3N3O/c19-14-4-1-12(2-5-14)13-3-6-16-15(7-13)22-11-23(16)8-17(25)24-9-18(20,21)10-24/h1-7,11H,8-10H2. The Hall–Kier alpha value is -2.83. The van der Waals surface area contributed by atoms with Crippen LogP contribution in [0.15, 0.2) is 48.8 Å². The van der Waals surface area contributed by atoms with E-state index in [1.54, 1.807) is 16.7 Å². The number of aromatic nitrogens is 2. The molecule has 1 amide bonds. The summed E-state index contributed by atoms with van der Waals surface area (Å²) in [5.74, 6) is -3.42. The van der Waals surface area contributed by atoms with E-state index in [-0.39, 0.29) is 18.3 Å². The number of halogens is 3. The van der Waals surface area contributed by atoms with E-state index in [9.17, 15) is 18.0 Å². The first kappa shape index (κ1) is 15.7. The quantitative estimate of drug-likeness (QED) is 0.730. The lowest BCUT2D eigenvalue weighted by molar-refractivity contribution is -0.166. The Kier molecular flexibility index (Phi) is 3.52. The highest BCUT2D eigenvalue weighted by Gasteiger charge is 2.46. The lowest BCUT2D eigenvalue weighted by atomic mass is 10.1. The Balaban J connectivity index is 1.56. The predicted octanol–water partition coefficient (Wildman–Crippen LogP) is 3.32. The van der Waals surface area contributed by atoms with Crippen LogP contribution in [0.3, 0.4) is 0 Å². The third kappa shape index (κ3) is 2.97. The molecular formula is C18H14F3N3O. The molecule has 0 N–H and O–H groups in total. The molecule has 4 nitrogen and oxygen atoms in total. The Bertz CT molecular complexity index is 942. The molecule has 0 spiro atoms. The Labute approximate surface area is 141 Å². The smallest absolute Gasteiger partial charge is 0.282 e. The zero-order chi connectivity index (χ0) is 17.6. The molecule has 0 aliphatic carbocycles. The predicted molar refractivity (Wildman–Crippen MR) is 86.7 cm³/mol. The van der Waals surface area contributed by atoms with Crippen molar-refractivity contribution in [2.75, 3.05) is 13.1 Å². The number of amides is 1. The van der Waals surface area contributed by atoms with Crippen LogP contribution in [0.5, 0.6) is 0 Å². The van der Waals surface area contributed by atoms with Gasteiger partial charge < -0.3 is 9.47 Å². The van der Waals surface area contributed by atoms with E-state index in [1.165, 1.54) is 18.5 Å². The molecule has 4 rings (SSSR count). The van der Waals surface area contributed by atoms with Gasteiger partial charge in [-0.15, -0.1) is 0 Å². The second-order valence-electron chi connectivity index (χ2n) is 6.19. The molecule has 25 heavy (non-hydrogen) atoms. The molecule has 7 heteroatoms. The van der Waals surface area contributed by atoms with Crippen LogP contribution in [0, 0.1) is 5.82 Å². The number of imidazole rings is 1. The molecule has 0 bridgehead atoms. The van der Waals surface area contributed by atoms with E-state index in [1.807, 2.05) is 18.2 Å². The zero-order valence-electron chi connectivity index (χ0n) is 13.1. The number of alkyl halides is 2. The summed E-state index contributed by atoms with van der Waals surface area (Å²) >= 11 is 0. The second-order valence-corrected chi connectivity index (χ2v) is 6.19. The first-order valence-corrected chi connectivity index (χ1v) is 7.78. The molecule has 0 atom stereocenters. The van der Waals surface area contributed by atoms with Crippen LogP contribution >= 0.6 is 0 Å². The van der Waals surface area contributed by atoms with E-state index in [2.05, 4.69) is 4.98 Å². The molecule has 0 unspecified atom stereocenters. The molecule has 3 aromatic rings. The van der Waals surface area contributed by atoms with Gasteiger partial charge in [-0.05, 0) is 35.4 Å². The molecule has 1 aliphatic rings. The van der Waals surface area contributed by atoms with Gasteiger partial charge >= 0.3 is 0 Å². The van der Waals surface area contributed by atoms with Crippen molar-refractivity contribution < 1.29 is 18.0 Å². The van der Waals surface area contributed by atoms with Crippen molar-refractivity contribution in [1.82, 2.24) is 14.5 Å². The molecule has 1 aromatic heterocycles. The monoisotopic (exact) mass is 345 g/mol. The first-order chi connectivity index (χ1) is 11.9. The van der Waals surface area contributed by atoms with Gasteiger partial charge in [0.05, 0.1) is 30.5 Å². The van der Waals surface area contributed by atoms with Crippen LogP contribution in [0.1, 0.15) is 0 Å².